The van der Waals surface area contributed by atoms with E-state index in [1.54, 1.807) is 0 Å². The highest BCUT2D eigenvalue weighted by molar-refractivity contribution is 5.34. The van der Waals surface area contributed by atoms with Gasteiger partial charge in [-0.05, 0) is 6.92 Å². The van der Waals surface area contributed by atoms with Crippen molar-refractivity contribution in [2.24, 2.45) is 5.73 Å². The lowest BCUT2D eigenvalue weighted by atomic mass is 10.3. The van der Waals surface area contributed by atoms with Gasteiger partial charge in [0.1, 0.15) is 11.9 Å². The van der Waals surface area contributed by atoms with Crippen LogP contribution in [0.25, 0.3) is 0 Å². The highest BCUT2D eigenvalue weighted by atomic mass is 15.0. The molecule has 1 aromatic heterocycles. The first-order valence-electron chi connectivity index (χ1n) is 3.95. The molecule has 5 heteroatoms. The molecule has 0 aromatic carbocycles. The largest absolute Gasteiger partial charge is 0.365 e. The van der Waals surface area contributed by atoms with E-state index in [2.05, 4.69) is 15.3 Å². The number of hydrogen-bond donors (Lipinski definition) is 2. The van der Waals surface area contributed by atoms with Crippen molar-refractivity contribution >= 4 is 5.82 Å². The first kappa shape index (κ1) is 9.42. The minimum atomic E-state index is 0.155. The molecule has 13 heavy (non-hydrogen) atoms. The Labute approximate surface area is 76.6 Å². The molecule has 0 bridgehead atoms. The van der Waals surface area contributed by atoms with Crippen molar-refractivity contribution in [2.75, 3.05) is 11.9 Å². The third-order valence-corrected chi connectivity index (χ3v) is 1.51. The van der Waals surface area contributed by atoms with E-state index in [1.807, 2.05) is 13.0 Å². The van der Waals surface area contributed by atoms with Gasteiger partial charge in [-0.25, -0.2) is 9.97 Å². The molecular weight excluding hydrogens is 166 g/mol. The summed E-state index contributed by atoms with van der Waals surface area (Å²) in [4.78, 5) is 7.84. The molecule has 0 aliphatic heterocycles. The van der Waals surface area contributed by atoms with Crippen molar-refractivity contribution in [1.29, 1.82) is 5.26 Å². The maximum atomic E-state index is 8.46. The summed E-state index contributed by atoms with van der Waals surface area (Å²) in [5.41, 5.74) is 5.72. The van der Waals surface area contributed by atoms with Crippen molar-refractivity contribution in [3.63, 3.8) is 0 Å². The van der Waals surface area contributed by atoms with Crippen LogP contribution in [0.2, 0.25) is 0 Å². The molecule has 0 spiro atoms. The molecule has 5 nitrogen and oxygen atoms in total. The Balaban J connectivity index is 2.65. The van der Waals surface area contributed by atoms with Gasteiger partial charge in [-0.3, -0.25) is 0 Å². The Morgan fingerprint density at radius 1 is 1.62 bits per heavy atom. The fourth-order valence-corrected chi connectivity index (χ4v) is 0.772. The lowest BCUT2D eigenvalue weighted by Gasteiger charge is -2.10. The van der Waals surface area contributed by atoms with Crippen LogP contribution in [0.15, 0.2) is 12.4 Å². The van der Waals surface area contributed by atoms with Gasteiger partial charge >= 0.3 is 0 Å². The Bertz CT molecular complexity index is 299. The minimum absolute atomic E-state index is 0.155. The summed E-state index contributed by atoms with van der Waals surface area (Å²) in [7, 11) is 0. The Morgan fingerprint density at radius 2 is 2.38 bits per heavy atom. The molecule has 0 saturated carbocycles. The van der Waals surface area contributed by atoms with Crippen molar-refractivity contribution in [3.8, 4) is 6.07 Å². The quantitative estimate of drug-likeness (QED) is 0.684. The number of rotatable bonds is 3. The standard InChI is InChI=1S/C8H11N5/c1-6(2-9)13-8-5-11-7(3-10)4-12-8/h4-6H,2,9H2,1H3,(H,12,13). The molecule has 0 amide bonds. The SMILES string of the molecule is CC(CN)Nc1cnc(C#N)cn1. The second-order valence-electron chi connectivity index (χ2n) is 2.68. The van der Waals surface area contributed by atoms with Crippen molar-refractivity contribution in [3.05, 3.63) is 18.1 Å². The molecule has 1 rings (SSSR count). The average Bonchev–Trinajstić information content (AvgIpc) is 2.19. The third-order valence-electron chi connectivity index (χ3n) is 1.51. The number of hydrogen-bond acceptors (Lipinski definition) is 5. The zero-order valence-corrected chi connectivity index (χ0v) is 7.36. The summed E-state index contributed by atoms with van der Waals surface area (Å²) in [6, 6.07) is 2.05. The van der Waals surface area contributed by atoms with Crippen LogP contribution in [-0.4, -0.2) is 22.6 Å². The van der Waals surface area contributed by atoms with Gasteiger partial charge in [0.25, 0.3) is 0 Å². The lowest BCUT2D eigenvalue weighted by Crippen LogP contribution is -2.25. The van der Waals surface area contributed by atoms with Gasteiger partial charge in [-0.1, -0.05) is 0 Å². The van der Waals surface area contributed by atoms with Crippen LogP contribution in [0.1, 0.15) is 12.6 Å². The topological polar surface area (TPSA) is 87.6 Å². The predicted octanol–water partition coefficient (Wildman–Crippen LogP) is 0.107. The summed E-state index contributed by atoms with van der Waals surface area (Å²) < 4.78 is 0. The number of nitriles is 1. The van der Waals surface area contributed by atoms with Crippen LogP contribution >= 0.6 is 0 Å². The molecule has 1 aromatic rings. The molecule has 0 aliphatic carbocycles. The number of nitrogens with two attached hydrogens (primary N) is 1. The minimum Gasteiger partial charge on any atom is -0.365 e. The summed E-state index contributed by atoms with van der Waals surface area (Å²) >= 11 is 0. The molecule has 1 atom stereocenters. The van der Waals surface area contributed by atoms with Gasteiger partial charge in [0.15, 0.2) is 5.69 Å². The molecule has 0 fully saturated rings. The Morgan fingerprint density at radius 3 is 2.85 bits per heavy atom. The van der Waals surface area contributed by atoms with Crippen LogP contribution in [0.5, 0.6) is 0 Å². The van der Waals surface area contributed by atoms with E-state index < -0.39 is 0 Å². The van der Waals surface area contributed by atoms with Gasteiger partial charge in [-0.2, -0.15) is 5.26 Å². The molecular formula is C8H11N5. The number of anilines is 1. The van der Waals surface area contributed by atoms with Crippen LogP contribution in [0.3, 0.4) is 0 Å². The monoisotopic (exact) mass is 177 g/mol. The number of nitrogens with one attached hydrogen (secondary N) is 1. The lowest BCUT2D eigenvalue weighted by molar-refractivity contribution is 0.796. The predicted molar refractivity (Wildman–Crippen MR) is 48.9 cm³/mol. The van der Waals surface area contributed by atoms with E-state index in [9.17, 15) is 0 Å². The van der Waals surface area contributed by atoms with Crippen LogP contribution in [0, 0.1) is 11.3 Å². The van der Waals surface area contributed by atoms with E-state index in [0.717, 1.165) is 0 Å². The highest BCUT2D eigenvalue weighted by Crippen LogP contribution is 2.01. The molecule has 0 radical (unpaired) electrons. The van der Waals surface area contributed by atoms with E-state index in [-0.39, 0.29) is 6.04 Å². The summed E-state index contributed by atoms with van der Waals surface area (Å²) in [6.07, 6.45) is 2.94. The van der Waals surface area contributed by atoms with E-state index in [4.69, 9.17) is 11.0 Å². The van der Waals surface area contributed by atoms with Crippen molar-refractivity contribution in [2.45, 2.75) is 13.0 Å². The molecule has 1 unspecified atom stereocenters. The number of aromatic nitrogens is 2. The summed E-state index contributed by atoms with van der Waals surface area (Å²) in [5.74, 6) is 0.636. The van der Waals surface area contributed by atoms with Gasteiger partial charge in [0, 0.05) is 12.6 Å². The van der Waals surface area contributed by atoms with E-state index in [1.165, 1.54) is 12.4 Å². The van der Waals surface area contributed by atoms with Crippen LogP contribution in [-0.2, 0) is 0 Å². The maximum absolute atomic E-state index is 8.46. The second kappa shape index (κ2) is 4.38. The first-order valence-corrected chi connectivity index (χ1v) is 3.95. The first-order chi connectivity index (χ1) is 6.26. The molecule has 1 heterocycles. The van der Waals surface area contributed by atoms with Crippen molar-refractivity contribution in [1.82, 2.24) is 9.97 Å². The Hall–Kier alpha value is -1.67. The van der Waals surface area contributed by atoms with Gasteiger partial charge in [0.2, 0.25) is 0 Å². The van der Waals surface area contributed by atoms with Crippen molar-refractivity contribution < 1.29 is 0 Å². The fraction of sp³-hybridized carbons (Fsp3) is 0.375. The van der Waals surface area contributed by atoms with E-state index >= 15 is 0 Å². The number of nitrogens with zero attached hydrogens (tertiary/aromatic N) is 3. The molecule has 3 N–H and O–H groups in total. The summed E-state index contributed by atoms with van der Waals surface area (Å²) in [5, 5.41) is 11.5. The zero-order chi connectivity index (χ0) is 9.68. The normalized spacial score (nSPS) is 11.8. The highest BCUT2D eigenvalue weighted by Gasteiger charge is 2.00. The van der Waals surface area contributed by atoms with Gasteiger partial charge in [0.05, 0.1) is 12.4 Å². The smallest absolute Gasteiger partial charge is 0.158 e. The molecule has 0 saturated heterocycles. The van der Waals surface area contributed by atoms with Crippen LogP contribution < -0.4 is 11.1 Å². The van der Waals surface area contributed by atoms with Crippen LogP contribution in [0.4, 0.5) is 5.82 Å². The van der Waals surface area contributed by atoms with E-state index in [0.29, 0.717) is 18.1 Å². The average molecular weight is 177 g/mol. The Kier molecular flexibility index (Phi) is 3.17. The fourth-order valence-electron chi connectivity index (χ4n) is 0.772. The van der Waals surface area contributed by atoms with Gasteiger partial charge < -0.3 is 11.1 Å². The second-order valence-corrected chi connectivity index (χ2v) is 2.68. The summed E-state index contributed by atoms with van der Waals surface area (Å²) in [6.45, 7) is 2.47. The molecule has 68 valence electrons. The zero-order valence-electron chi connectivity index (χ0n) is 7.36. The van der Waals surface area contributed by atoms with Gasteiger partial charge in [-0.15, -0.1) is 0 Å². The molecule has 0 aliphatic rings. The maximum Gasteiger partial charge on any atom is 0.158 e. The third kappa shape index (κ3) is 2.69.